The molecule has 2 aromatic carbocycles. The van der Waals surface area contributed by atoms with Crippen molar-refractivity contribution in [1.82, 2.24) is 10.2 Å². The molecule has 0 saturated carbocycles. The van der Waals surface area contributed by atoms with E-state index < -0.39 is 16.1 Å². The first-order chi connectivity index (χ1) is 17.4. The van der Waals surface area contributed by atoms with Gasteiger partial charge in [-0.25, -0.2) is 8.42 Å². The van der Waals surface area contributed by atoms with Crippen LogP contribution in [0.3, 0.4) is 0 Å². The zero-order valence-corrected chi connectivity index (χ0v) is 24.5. The van der Waals surface area contributed by atoms with Crippen LogP contribution >= 0.6 is 23.2 Å². The van der Waals surface area contributed by atoms with E-state index in [1.807, 2.05) is 39.8 Å². The van der Waals surface area contributed by atoms with Gasteiger partial charge in [0, 0.05) is 36.1 Å². The second kappa shape index (κ2) is 14.0. The maximum Gasteiger partial charge on any atom is 0.242 e. The van der Waals surface area contributed by atoms with Gasteiger partial charge in [-0.05, 0) is 74.1 Å². The Morgan fingerprint density at radius 3 is 2.30 bits per heavy atom. The van der Waals surface area contributed by atoms with Crippen LogP contribution in [0.1, 0.15) is 56.2 Å². The predicted octanol–water partition coefficient (Wildman–Crippen LogP) is 5.49. The van der Waals surface area contributed by atoms with Crippen LogP contribution in [0.15, 0.2) is 36.4 Å². The Kier molecular flexibility index (Phi) is 11.7. The number of nitrogens with one attached hydrogen (secondary N) is 1. The fraction of sp³-hybridized carbons (Fsp3) is 0.481. The molecule has 2 amide bonds. The lowest BCUT2D eigenvalue weighted by atomic mass is 10.1. The Bertz CT molecular complexity index is 1200. The van der Waals surface area contributed by atoms with Gasteiger partial charge in [0.1, 0.15) is 6.04 Å². The maximum absolute atomic E-state index is 13.5. The number of hydrogen-bond acceptors (Lipinski definition) is 4. The van der Waals surface area contributed by atoms with Gasteiger partial charge in [-0.15, -0.1) is 0 Å². The van der Waals surface area contributed by atoms with Crippen molar-refractivity contribution in [3.8, 4) is 0 Å². The number of rotatable bonds is 13. The molecule has 0 aliphatic carbocycles. The van der Waals surface area contributed by atoms with E-state index in [4.69, 9.17) is 23.2 Å². The third kappa shape index (κ3) is 8.90. The highest BCUT2D eigenvalue weighted by molar-refractivity contribution is 7.92. The van der Waals surface area contributed by atoms with Gasteiger partial charge in [0.05, 0.1) is 11.9 Å². The molecule has 0 aliphatic rings. The first-order valence-corrected chi connectivity index (χ1v) is 15.1. The number of nitrogens with zero attached hydrogens (tertiary/aromatic N) is 2. The Balaban J connectivity index is 2.25. The summed E-state index contributed by atoms with van der Waals surface area (Å²) in [7, 11) is -3.55. The molecule has 37 heavy (non-hydrogen) atoms. The van der Waals surface area contributed by atoms with E-state index in [9.17, 15) is 18.0 Å². The van der Waals surface area contributed by atoms with Crippen LogP contribution in [-0.4, -0.2) is 50.5 Å². The molecule has 204 valence electrons. The van der Waals surface area contributed by atoms with Gasteiger partial charge < -0.3 is 10.2 Å². The SMILES string of the molecule is CCCNC(=O)[C@@H](CC)N(Cc1ccc(Cl)cc1Cl)C(=O)CCCN(c1ccc(C)c(C)c1)S(C)(=O)=O. The van der Waals surface area contributed by atoms with Gasteiger partial charge in [0.25, 0.3) is 0 Å². The minimum Gasteiger partial charge on any atom is -0.354 e. The highest BCUT2D eigenvalue weighted by Crippen LogP contribution is 2.25. The number of carbonyl (C=O) groups excluding carboxylic acids is 2. The van der Waals surface area contributed by atoms with Crippen LogP contribution in [0.4, 0.5) is 5.69 Å². The van der Waals surface area contributed by atoms with E-state index >= 15 is 0 Å². The maximum atomic E-state index is 13.5. The molecule has 0 bridgehead atoms. The molecule has 0 heterocycles. The highest BCUT2D eigenvalue weighted by Gasteiger charge is 2.29. The van der Waals surface area contributed by atoms with Gasteiger partial charge in [-0.2, -0.15) is 0 Å². The summed E-state index contributed by atoms with van der Waals surface area (Å²) in [5, 5.41) is 3.77. The number of benzene rings is 2. The lowest BCUT2D eigenvalue weighted by molar-refractivity contribution is -0.141. The normalized spacial score (nSPS) is 12.2. The molecule has 10 heteroatoms. The van der Waals surface area contributed by atoms with Gasteiger partial charge in [0.15, 0.2) is 0 Å². The molecular formula is C27H37Cl2N3O4S. The second-order valence-corrected chi connectivity index (χ2v) is 11.9. The highest BCUT2D eigenvalue weighted by atomic mass is 35.5. The Morgan fingerprint density at radius 2 is 1.73 bits per heavy atom. The molecule has 0 unspecified atom stereocenters. The molecule has 0 fully saturated rings. The summed E-state index contributed by atoms with van der Waals surface area (Å²) in [4.78, 5) is 27.9. The van der Waals surface area contributed by atoms with Gasteiger partial charge in [-0.3, -0.25) is 13.9 Å². The van der Waals surface area contributed by atoms with Crippen molar-refractivity contribution < 1.29 is 18.0 Å². The standard InChI is InChI=1S/C27H37Cl2N3O4S/c1-6-14-30-27(34)25(7-2)31(18-21-11-12-22(28)17-24(21)29)26(33)9-8-15-32(37(5,35)36)23-13-10-19(3)20(4)16-23/h10-13,16-17,25H,6-9,14-15,18H2,1-5H3,(H,30,34)/t25-/m1/s1. The van der Waals surface area contributed by atoms with Crippen LogP contribution in [0, 0.1) is 13.8 Å². The number of sulfonamides is 1. The van der Waals surface area contributed by atoms with Crippen molar-refractivity contribution in [1.29, 1.82) is 0 Å². The molecule has 0 spiro atoms. The number of anilines is 1. The fourth-order valence-electron chi connectivity index (χ4n) is 4.00. The molecule has 7 nitrogen and oxygen atoms in total. The summed E-state index contributed by atoms with van der Waals surface area (Å²) in [6.45, 7) is 8.49. The van der Waals surface area contributed by atoms with Gasteiger partial charge in [0.2, 0.25) is 21.8 Å². The van der Waals surface area contributed by atoms with Crippen molar-refractivity contribution in [3.05, 3.63) is 63.1 Å². The largest absolute Gasteiger partial charge is 0.354 e. The summed E-state index contributed by atoms with van der Waals surface area (Å²) < 4.78 is 26.4. The molecule has 2 rings (SSSR count). The number of amides is 2. The third-order valence-electron chi connectivity index (χ3n) is 6.22. The van der Waals surface area contributed by atoms with E-state index in [0.29, 0.717) is 34.3 Å². The van der Waals surface area contributed by atoms with Crippen LogP contribution in [0.5, 0.6) is 0 Å². The second-order valence-electron chi connectivity index (χ2n) is 9.18. The van der Waals surface area contributed by atoms with Gasteiger partial charge in [-0.1, -0.05) is 49.2 Å². The average molecular weight is 571 g/mol. The van der Waals surface area contributed by atoms with Crippen molar-refractivity contribution in [3.63, 3.8) is 0 Å². The minimum atomic E-state index is -3.55. The van der Waals surface area contributed by atoms with Gasteiger partial charge >= 0.3 is 0 Å². The minimum absolute atomic E-state index is 0.0691. The lowest BCUT2D eigenvalue weighted by Crippen LogP contribution is -2.49. The summed E-state index contributed by atoms with van der Waals surface area (Å²) in [5.74, 6) is -0.478. The summed E-state index contributed by atoms with van der Waals surface area (Å²) in [6, 6.07) is 9.84. The molecular weight excluding hydrogens is 533 g/mol. The van der Waals surface area contributed by atoms with Crippen molar-refractivity contribution >= 4 is 50.7 Å². The van der Waals surface area contributed by atoms with Crippen LogP contribution < -0.4 is 9.62 Å². The number of hydrogen-bond donors (Lipinski definition) is 1. The Labute approximate surface area is 231 Å². The molecule has 0 radical (unpaired) electrons. The quantitative estimate of drug-likeness (QED) is 0.345. The fourth-order valence-corrected chi connectivity index (χ4v) is 5.43. The zero-order chi connectivity index (χ0) is 27.8. The van der Waals surface area contributed by atoms with E-state index in [1.54, 1.807) is 24.3 Å². The first kappa shape index (κ1) is 30.9. The van der Waals surface area contributed by atoms with E-state index in [0.717, 1.165) is 23.8 Å². The van der Waals surface area contributed by atoms with Crippen LogP contribution in [-0.2, 0) is 26.2 Å². The summed E-state index contributed by atoms with van der Waals surface area (Å²) in [5.41, 5.74) is 3.29. The summed E-state index contributed by atoms with van der Waals surface area (Å²) >= 11 is 12.4. The van der Waals surface area contributed by atoms with Crippen LogP contribution in [0.2, 0.25) is 10.0 Å². The molecule has 0 aromatic heterocycles. The van der Waals surface area contributed by atoms with Crippen molar-refractivity contribution in [2.45, 2.75) is 66.0 Å². The third-order valence-corrected chi connectivity index (χ3v) is 8.00. The first-order valence-electron chi connectivity index (χ1n) is 12.4. The summed E-state index contributed by atoms with van der Waals surface area (Å²) in [6.07, 6.45) is 2.71. The lowest BCUT2D eigenvalue weighted by Gasteiger charge is -2.31. The smallest absolute Gasteiger partial charge is 0.242 e. The molecule has 1 atom stereocenters. The Morgan fingerprint density at radius 1 is 1.03 bits per heavy atom. The molecule has 1 N–H and O–H groups in total. The van der Waals surface area contributed by atoms with Crippen molar-refractivity contribution in [2.24, 2.45) is 0 Å². The number of carbonyl (C=O) groups is 2. The zero-order valence-electron chi connectivity index (χ0n) is 22.2. The monoisotopic (exact) mass is 569 g/mol. The number of halogens is 2. The topological polar surface area (TPSA) is 86.8 Å². The van der Waals surface area contributed by atoms with Crippen LogP contribution in [0.25, 0.3) is 0 Å². The Hall–Kier alpha value is -2.29. The molecule has 0 saturated heterocycles. The van der Waals surface area contributed by atoms with E-state index in [-0.39, 0.29) is 37.7 Å². The van der Waals surface area contributed by atoms with Crippen molar-refractivity contribution in [2.75, 3.05) is 23.7 Å². The number of aryl methyl sites for hydroxylation is 2. The van der Waals surface area contributed by atoms with E-state index in [2.05, 4.69) is 5.32 Å². The average Bonchev–Trinajstić information content (AvgIpc) is 2.82. The van der Waals surface area contributed by atoms with E-state index in [1.165, 1.54) is 9.21 Å². The molecule has 2 aromatic rings. The predicted molar refractivity (Wildman–Crippen MR) is 152 cm³/mol. The molecule has 0 aliphatic heterocycles.